The lowest BCUT2D eigenvalue weighted by molar-refractivity contribution is 0.571. The lowest BCUT2D eigenvalue weighted by atomic mass is 9.87. The standard InChI is InChI=1S/C25H19Cl2N3O2S/c1-25(2,3)15-9-7-14(8-10-15)22-28-24-30(29-22)23(31)20(33-24)13-16-11-12-19(32-16)17-5-4-6-18(26)21(17)27/h4-13H,1-3H3/b20-13+. The fourth-order valence-corrected chi connectivity index (χ4v) is 4.76. The number of rotatable bonds is 3. The van der Waals surface area contributed by atoms with E-state index in [9.17, 15) is 4.79 Å². The van der Waals surface area contributed by atoms with Gasteiger partial charge in [0, 0.05) is 17.2 Å². The zero-order valence-electron chi connectivity index (χ0n) is 18.1. The Balaban J connectivity index is 1.48. The highest BCUT2D eigenvalue weighted by Gasteiger charge is 2.16. The van der Waals surface area contributed by atoms with Gasteiger partial charge in [-0.1, -0.05) is 85.6 Å². The van der Waals surface area contributed by atoms with E-state index < -0.39 is 0 Å². The molecule has 5 rings (SSSR count). The maximum absolute atomic E-state index is 12.9. The van der Waals surface area contributed by atoms with E-state index in [1.54, 1.807) is 30.3 Å². The van der Waals surface area contributed by atoms with Gasteiger partial charge in [0.2, 0.25) is 4.96 Å². The molecule has 3 aromatic heterocycles. The smallest absolute Gasteiger partial charge is 0.291 e. The molecular weight excluding hydrogens is 477 g/mol. The van der Waals surface area contributed by atoms with Gasteiger partial charge in [-0.2, -0.15) is 9.50 Å². The summed E-state index contributed by atoms with van der Waals surface area (Å²) < 4.78 is 7.71. The van der Waals surface area contributed by atoms with Crippen LogP contribution in [0.15, 0.2) is 63.8 Å². The van der Waals surface area contributed by atoms with Crippen LogP contribution in [-0.2, 0) is 5.41 Å². The van der Waals surface area contributed by atoms with Crippen molar-refractivity contribution in [3.05, 3.63) is 90.9 Å². The van der Waals surface area contributed by atoms with Crippen molar-refractivity contribution in [3.8, 4) is 22.7 Å². The Bertz CT molecular complexity index is 1590. The highest BCUT2D eigenvalue weighted by Crippen LogP contribution is 2.34. The van der Waals surface area contributed by atoms with Crippen LogP contribution in [0.2, 0.25) is 10.0 Å². The molecule has 0 aliphatic rings. The first kappa shape index (κ1) is 21.9. The van der Waals surface area contributed by atoms with Crippen LogP contribution in [0.5, 0.6) is 0 Å². The van der Waals surface area contributed by atoms with Crippen molar-refractivity contribution in [1.29, 1.82) is 0 Å². The van der Waals surface area contributed by atoms with Crippen molar-refractivity contribution < 1.29 is 4.42 Å². The normalized spacial score (nSPS) is 12.7. The highest BCUT2D eigenvalue weighted by molar-refractivity contribution is 7.15. The molecule has 0 bridgehead atoms. The number of halogens is 2. The largest absolute Gasteiger partial charge is 0.457 e. The van der Waals surface area contributed by atoms with Crippen LogP contribution < -0.4 is 10.1 Å². The summed E-state index contributed by atoms with van der Waals surface area (Å²) in [5.74, 6) is 1.63. The molecule has 8 heteroatoms. The van der Waals surface area contributed by atoms with E-state index in [2.05, 4.69) is 43.0 Å². The first-order valence-electron chi connectivity index (χ1n) is 10.3. The molecule has 0 unspecified atom stereocenters. The lowest BCUT2D eigenvalue weighted by Crippen LogP contribution is -2.23. The molecule has 5 aromatic rings. The number of aromatic nitrogens is 3. The van der Waals surface area contributed by atoms with E-state index in [-0.39, 0.29) is 11.0 Å². The molecule has 2 aromatic carbocycles. The molecule has 0 fully saturated rings. The molecule has 0 aliphatic carbocycles. The van der Waals surface area contributed by atoms with E-state index in [4.69, 9.17) is 27.6 Å². The molecule has 0 N–H and O–H groups in total. The summed E-state index contributed by atoms with van der Waals surface area (Å²) in [6, 6.07) is 17.0. The number of hydrogen-bond acceptors (Lipinski definition) is 5. The van der Waals surface area contributed by atoms with Gasteiger partial charge >= 0.3 is 0 Å². The van der Waals surface area contributed by atoms with Gasteiger partial charge < -0.3 is 4.42 Å². The Morgan fingerprint density at radius 1 is 1.03 bits per heavy atom. The quantitative estimate of drug-likeness (QED) is 0.297. The zero-order chi connectivity index (χ0) is 23.3. The maximum atomic E-state index is 12.9. The summed E-state index contributed by atoms with van der Waals surface area (Å²) in [5.41, 5.74) is 2.62. The van der Waals surface area contributed by atoms with Crippen molar-refractivity contribution in [2.45, 2.75) is 26.2 Å². The Labute approximate surface area is 203 Å². The number of hydrogen-bond donors (Lipinski definition) is 0. The minimum absolute atomic E-state index is 0.0667. The van der Waals surface area contributed by atoms with Crippen molar-refractivity contribution in [2.75, 3.05) is 0 Å². The van der Waals surface area contributed by atoms with Gasteiger partial charge in [0.05, 0.1) is 10.0 Å². The van der Waals surface area contributed by atoms with Crippen LogP contribution in [0, 0.1) is 0 Å². The van der Waals surface area contributed by atoms with Crippen molar-refractivity contribution in [1.82, 2.24) is 14.6 Å². The minimum Gasteiger partial charge on any atom is -0.457 e. The van der Waals surface area contributed by atoms with Crippen LogP contribution in [-0.4, -0.2) is 14.6 Å². The highest BCUT2D eigenvalue weighted by atomic mass is 35.5. The van der Waals surface area contributed by atoms with E-state index in [1.807, 2.05) is 18.2 Å². The third-order valence-electron chi connectivity index (χ3n) is 5.31. The molecular formula is C25H19Cl2N3O2S. The second kappa shape index (κ2) is 8.13. The SMILES string of the molecule is CC(C)(C)c1ccc(-c2nc3s/c(=C/c4ccc(-c5cccc(Cl)c5Cl)o4)c(=O)n3n2)cc1. The number of benzene rings is 2. The van der Waals surface area contributed by atoms with E-state index in [1.165, 1.54) is 21.4 Å². The van der Waals surface area contributed by atoms with Crippen LogP contribution in [0.3, 0.4) is 0 Å². The maximum Gasteiger partial charge on any atom is 0.291 e. The Hall–Kier alpha value is -2.93. The summed E-state index contributed by atoms with van der Waals surface area (Å²) in [6.07, 6.45) is 1.68. The molecule has 3 heterocycles. The number of fused-ring (bicyclic) bond motifs is 1. The minimum atomic E-state index is -0.237. The average molecular weight is 496 g/mol. The van der Waals surface area contributed by atoms with Crippen molar-refractivity contribution in [3.63, 3.8) is 0 Å². The Morgan fingerprint density at radius 3 is 2.48 bits per heavy atom. The molecule has 166 valence electrons. The molecule has 0 radical (unpaired) electrons. The molecule has 0 saturated carbocycles. The van der Waals surface area contributed by atoms with Crippen LogP contribution >= 0.6 is 34.5 Å². The monoisotopic (exact) mass is 495 g/mol. The topological polar surface area (TPSA) is 60.4 Å². The second-order valence-corrected chi connectivity index (χ2v) is 10.5. The van der Waals surface area contributed by atoms with Crippen molar-refractivity contribution >= 4 is 45.6 Å². The molecule has 0 atom stereocenters. The predicted octanol–water partition coefficient (Wildman–Crippen LogP) is 6.23. The molecule has 0 spiro atoms. The number of nitrogens with zero attached hydrogens (tertiary/aromatic N) is 3. The van der Waals surface area contributed by atoms with Gasteiger partial charge in [-0.15, -0.1) is 5.10 Å². The summed E-state index contributed by atoms with van der Waals surface area (Å²) >= 11 is 13.7. The number of furan rings is 1. The number of thiazole rings is 1. The van der Waals surface area contributed by atoms with Gasteiger partial charge in [0.15, 0.2) is 5.82 Å². The van der Waals surface area contributed by atoms with Crippen molar-refractivity contribution in [2.24, 2.45) is 0 Å². The summed E-state index contributed by atoms with van der Waals surface area (Å²) in [5, 5.41) is 5.31. The molecule has 0 amide bonds. The Morgan fingerprint density at radius 2 is 1.79 bits per heavy atom. The van der Waals surface area contributed by atoms with Gasteiger partial charge in [-0.3, -0.25) is 4.79 Å². The molecule has 0 saturated heterocycles. The van der Waals surface area contributed by atoms with E-state index in [0.717, 1.165) is 5.56 Å². The summed E-state index contributed by atoms with van der Waals surface area (Å²) in [7, 11) is 0. The van der Waals surface area contributed by atoms with Gasteiger partial charge in [-0.25, -0.2) is 0 Å². The first-order valence-corrected chi connectivity index (χ1v) is 11.8. The summed E-state index contributed by atoms with van der Waals surface area (Å²) in [4.78, 5) is 18.0. The third kappa shape index (κ3) is 4.10. The first-order chi connectivity index (χ1) is 15.7. The third-order valence-corrected chi connectivity index (χ3v) is 7.09. The Kier molecular flexibility index (Phi) is 5.40. The fourth-order valence-electron chi connectivity index (χ4n) is 3.47. The fraction of sp³-hybridized carbons (Fsp3) is 0.160. The van der Waals surface area contributed by atoms with E-state index >= 15 is 0 Å². The molecule has 33 heavy (non-hydrogen) atoms. The van der Waals surface area contributed by atoms with Crippen LogP contribution in [0.25, 0.3) is 33.7 Å². The lowest BCUT2D eigenvalue weighted by Gasteiger charge is -2.18. The average Bonchev–Trinajstić information content (AvgIpc) is 3.47. The second-order valence-electron chi connectivity index (χ2n) is 8.68. The zero-order valence-corrected chi connectivity index (χ0v) is 20.4. The van der Waals surface area contributed by atoms with Gasteiger partial charge in [0.1, 0.15) is 16.1 Å². The molecule has 0 aliphatic heterocycles. The van der Waals surface area contributed by atoms with E-state index in [0.29, 0.717) is 42.4 Å². The predicted molar refractivity (Wildman–Crippen MR) is 134 cm³/mol. The van der Waals surface area contributed by atoms with Crippen LogP contribution in [0.1, 0.15) is 32.1 Å². The van der Waals surface area contributed by atoms with Crippen LogP contribution in [0.4, 0.5) is 0 Å². The van der Waals surface area contributed by atoms with Gasteiger partial charge in [-0.05, 0) is 35.2 Å². The molecule has 5 nitrogen and oxygen atoms in total. The van der Waals surface area contributed by atoms with Gasteiger partial charge in [0.25, 0.3) is 5.56 Å². The summed E-state index contributed by atoms with van der Waals surface area (Å²) in [6.45, 7) is 6.50.